The molecule has 0 aliphatic carbocycles. The van der Waals surface area contributed by atoms with Crippen LogP contribution in [0.1, 0.15) is 43.0 Å². The second-order valence-electron chi connectivity index (χ2n) is 7.14. The third kappa shape index (κ3) is 4.57. The summed E-state index contributed by atoms with van der Waals surface area (Å²) < 4.78 is 6.03. The average Bonchev–Trinajstić information content (AvgIpc) is 2.55. The number of hydrogen-bond donors (Lipinski definition) is 1. The number of nitrogens with one attached hydrogen (secondary N) is 1. The molecule has 1 aliphatic heterocycles. The molecule has 4 heteroatoms. The SMILES string of the molecule is Cc1ccccc1CSCC(=O)N[C@H]1CC(C)(C)Oc2ccccc21. The predicted octanol–water partition coefficient (Wildman–Crippen LogP) is 4.65. The Morgan fingerprint density at radius 2 is 1.92 bits per heavy atom. The molecule has 0 aromatic heterocycles. The summed E-state index contributed by atoms with van der Waals surface area (Å²) in [6, 6.07) is 16.3. The molecule has 3 nitrogen and oxygen atoms in total. The van der Waals surface area contributed by atoms with Gasteiger partial charge in [-0.05, 0) is 38.0 Å². The third-order valence-corrected chi connectivity index (χ3v) is 5.45. The fourth-order valence-electron chi connectivity index (χ4n) is 3.19. The summed E-state index contributed by atoms with van der Waals surface area (Å²) in [6.07, 6.45) is 0.776. The zero-order valence-electron chi connectivity index (χ0n) is 15.0. The fourth-order valence-corrected chi connectivity index (χ4v) is 4.11. The largest absolute Gasteiger partial charge is 0.487 e. The van der Waals surface area contributed by atoms with Gasteiger partial charge >= 0.3 is 0 Å². The number of ether oxygens (including phenoxy) is 1. The number of para-hydroxylation sites is 1. The highest BCUT2D eigenvalue weighted by atomic mass is 32.2. The first kappa shape index (κ1) is 17.9. The van der Waals surface area contributed by atoms with Crippen LogP contribution >= 0.6 is 11.8 Å². The molecule has 1 atom stereocenters. The maximum atomic E-state index is 12.4. The molecule has 0 saturated heterocycles. The molecule has 1 heterocycles. The molecule has 1 N–H and O–H groups in total. The van der Waals surface area contributed by atoms with Crippen molar-refractivity contribution in [1.82, 2.24) is 5.32 Å². The van der Waals surface area contributed by atoms with Crippen LogP contribution in [-0.2, 0) is 10.5 Å². The maximum Gasteiger partial charge on any atom is 0.230 e. The van der Waals surface area contributed by atoms with Gasteiger partial charge in [-0.1, -0.05) is 42.5 Å². The van der Waals surface area contributed by atoms with Gasteiger partial charge in [0.05, 0.1) is 11.8 Å². The van der Waals surface area contributed by atoms with E-state index in [9.17, 15) is 4.79 Å². The molecule has 132 valence electrons. The highest BCUT2D eigenvalue weighted by Crippen LogP contribution is 2.39. The van der Waals surface area contributed by atoms with Crippen molar-refractivity contribution in [3.05, 3.63) is 65.2 Å². The molecule has 0 unspecified atom stereocenters. The first-order valence-electron chi connectivity index (χ1n) is 8.64. The van der Waals surface area contributed by atoms with E-state index in [4.69, 9.17) is 4.74 Å². The van der Waals surface area contributed by atoms with Gasteiger partial charge in [0.15, 0.2) is 0 Å². The van der Waals surface area contributed by atoms with Gasteiger partial charge in [0, 0.05) is 17.7 Å². The van der Waals surface area contributed by atoms with Crippen molar-refractivity contribution in [2.45, 2.75) is 44.6 Å². The van der Waals surface area contributed by atoms with Gasteiger partial charge in [-0.15, -0.1) is 11.8 Å². The molecule has 2 aromatic rings. The monoisotopic (exact) mass is 355 g/mol. The highest BCUT2D eigenvalue weighted by molar-refractivity contribution is 7.99. The van der Waals surface area contributed by atoms with Crippen LogP contribution in [0.4, 0.5) is 0 Å². The molecule has 0 bridgehead atoms. The summed E-state index contributed by atoms with van der Waals surface area (Å²) in [7, 11) is 0. The Kier molecular flexibility index (Phi) is 5.38. The molecule has 0 saturated carbocycles. The summed E-state index contributed by atoms with van der Waals surface area (Å²) in [5.41, 5.74) is 3.35. The van der Waals surface area contributed by atoms with Crippen molar-refractivity contribution in [2.24, 2.45) is 0 Å². The zero-order chi connectivity index (χ0) is 17.9. The van der Waals surface area contributed by atoms with Gasteiger partial charge in [0.1, 0.15) is 11.4 Å². The lowest BCUT2D eigenvalue weighted by Crippen LogP contribution is -2.41. The van der Waals surface area contributed by atoms with Crippen molar-refractivity contribution in [3.63, 3.8) is 0 Å². The van der Waals surface area contributed by atoms with Crippen molar-refractivity contribution < 1.29 is 9.53 Å². The molecule has 0 fully saturated rings. The number of amides is 1. The molecular formula is C21H25NO2S. The predicted molar refractivity (Wildman–Crippen MR) is 104 cm³/mol. The fraction of sp³-hybridized carbons (Fsp3) is 0.381. The minimum absolute atomic E-state index is 0.00603. The Morgan fingerprint density at radius 3 is 2.72 bits per heavy atom. The number of thioether (sulfide) groups is 1. The van der Waals surface area contributed by atoms with Crippen LogP contribution in [0.2, 0.25) is 0 Å². The van der Waals surface area contributed by atoms with Crippen LogP contribution in [0.3, 0.4) is 0 Å². The Morgan fingerprint density at radius 1 is 1.20 bits per heavy atom. The van der Waals surface area contributed by atoms with Gasteiger partial charge in [-0.2, -0.15) is 0 Å². The van der Waals surface area contributed by atoms with E-state index in [1.54, 1.807) is 11.8 Å². The van der Waals surface area contributed by atoms with Crippen molar-refractivity contribution >= 4 is 17.7 Å². The Hall–Kier alpha value is -1.94. The molecule has 25 heavy (non-hydrogen) atoms. The quantitative estimate of drug-likeness (QED) is 0.849. The zero-order valence-corrected chi connectivity index (χ0v) is 15.9. The average molecular weight is 356 g/mol. The van der Waals surface area contributed by atoms with E-state index < -0.39 is 0 Å². The molecule has 0 spiro atoms. The van der Waals surface area contributed by atoms with E-state index in [1.807, 2.05) is 36.4 Å². The summed E-state index contributed by atoms with van der Waals surface area (Å²) in [5, 5.41) is 3.19. The Balaban J connectivity index is 1.58. The van der Waals surface area contributed by atoms with Crippen molar-refractivity contribution in [1.29, 1.82) is 0 Å². The van der Waals surface area contributed by atoms with Crippen LogP contribution in [0, 0.1) is 6.92 Å². The first-order valence-corrected chi connectivity index (χ1v) is 9.80. The number of carbonyl (C=O) groups is 1. The second kappa shape index (κ2) is 7.52. The maximum absolute atomic E-state index is 12.4. The minimum atomic E-state index is -0.277. The molecule has 2 aromatic carbocycles. The van der Waals surface area contributed by atoms with Crippen LogP contribution in [0.15, 0.2) is 48.5 Å². The number of benzene rings is 2. The number of hydrogen-bond acceptors (Lipinski definition) is 3. The number of rotatable bonds is 5. The second-order valence-corrected chi connectivity index (χ2v) is 8.13. The van der Waals surface area contributed by atoms with Crippen LogP contribution < -0.4 is 10.1 Å². The van der Waals surface area contributed by atoms with E-state index in [0.29, 0.717) is 5.75 Å². The van der Waals surface area contributed by atoms with Crippen molar-refractivity contribution in [2.75, 3.05) is 5.75 Å². The number of aryl methyl sites for hydroxylation is 1. The van der Waals surface area contributed by atoms with E-state index in [2.05, 4.69) is 38.2 Å². The first-order chi connectivity index (χ1) is 11.9. The minimum Gasteiger partial charge on any atom is -0.487 e. The smallest absolute Gasteiger partial charge is 0.230 e. The lowest BCUT2D eigenvalue weighted by Gasteiger charge is -2.37. The van der Waals surface area contributed by atoms with Crippen LogP contribution in [0.5, 0.6) is 5.75 Å². The number of carbonyl (C=O) groups excluding carboxylic acids is 1. The summed E-state index contributed by atoms with van der Waals surface area (Å²) in [5.74, 6) is 2.28. The summed E-state index contributed by atoms with van der Waals surface area (Å²) in [4.78, 5) is 12.4. The Bertz CT molecular complexity index is 757. The van der Waals surface area contributed by atoms with Gasteiger partial charge in [-0.3, -0.25) is 4.79 Å². The van der Waals surface area contributed by atoms with Gasteiger partial charge < -0.3 is 10.1 Å². The standard InChI is InChI=1S/C21H25NO2S/c1-15-8-4-5-9-16(15)13-25-14-20(23)22-18-12-21(2,3)24-19-11-7-6-10-17(18)19/h4-11,18H,12-14H2,1-3H3,(H,22,23)/t18-/m0/s1. The molecular weight excluding hydrogens is 330 g/mol. The van der Waals surface area contributed by atoms with E-state index >= 15 is 0 Å². The van der Waals surface area contributed by atoms with Gasteiger partial charge in [-0.25, -0.2) is 0 Å². The Labute approximate surface area is 154 Å². The highest BCUT2D eigenvalue weighted by Gasteiger charge is 2.34. The summed E-state index contributed by atoms with van der Waals surface area (Å²) >= 11 is 1.66. The van der Waals surface area contributed by atoms with Gasteiger partial charge in [0.2, 0.25) is 5.91 Å². The molecule has 0 radical (unpaired) electrons. The van der Waals surface area contributed by atoms with E-state index in [-0.39, 0.29) is 17.6 Å². The van der Waals surface area contributed by atoms with Crippen LogP contribution in [0.25, 0.3) is 0 Å². The third-order valence-electron chi connectivity index (χ3n) is 4.46. The topological polar surface area (TPSA) is 38.3 Å². The normalized spacial score (nSPS) is 18.1. The van der Waals surface area contributed by atoms with Gasteiger partial charge in [0.25, 0.3) is 0 Å². The van der Waals surface area contributed by atoms with E-state index in [1.165, 1.54) is 11.1 Å². The number of fused-ring (bicyclic) bond motifs is 1. The van der Waals surface area contributed by atoms with E-state index in [0.717, 1.165) is 23.5 Å². The molecule has 3 rings (SSSR count). The molecule has 1 amide bonds. The lowest BCUT2D eigenvalue weighted by atomic mass is 9.90. The van der Waals surface area contributed by atoms with Crippen LogP contribution in [-0.4, -0.2) is 17.3 Å². The molecule has 1 aliphatic rings. The van der Waals surface area contributed by atoms with Crippen molar-refractivity contribution in [3.8, 4) is 5.75 Å². The lowest BCUT2D eigenvalue weighted by molar-refractivity contribution is -0.119. The summed E-state index contributed by atoms with van der Waals surface area (Å²) in [6.45, 7) is 6.24.